The summed E-state index contributed by atoms with van der Waals surface area (Å²) in [6.45, 7) is 4.78. The smallest absolute Gasteiger partial charge is 0.292 e. The lowest BCUT2D eigenvalue weighted by molar-refractivity contribution is 0.0991. The summed E-state index contributed by atoms with van der Waals surface area (Å²) in [5.74, 6) is 1.91. The molecule has 2 aromatic carbocycles. The van der Waals surface area contributed by atoms with E-state index in [1.165, 1.54) is 0 Å². The number of carbonyl (C=O) groups is 1. The van der Waals surface area contributed by atoms with Gasteiger partial charge in [-0.3, -0.25) is 4.79 Å². The van der Waals surface area contributed by atoms with Crippen molar-refractivity contribution in [3.05, 3.63) is 77.9 Å². The minimum absolute atomic E-state index is 0.235. The summed E-state index contributed by atoms with van der Waals surface area (Å²) in [7, 11) is 0. The monoisotopic (exact) mass is 375 g/mol. The van der Waals surface area contributed by atoms with Crippen LogP contribution in [-0.2, 0) is 13.2 Å². The van der Waals surface area contributed by atoms with Crippen molar-refractivity contribution in [2.45, 2.75) is 27.0 Å². The van der Waals surface area contributed by atoms with E-state index in [2.05, 4.69) is 16.5 Å². The van der Waals surface area contributed by atoms with Crippen LogP contribution in [0.4, 0.5) is 5.82 Å². The van der Waals surface area contributed by atoms with Gasteiger partial charge in [0.1, 0.15) is 23.9 Å². The molecule has 142 valence electrons. The van der Waals surface area contributed by atoms with Gasteiger partial charge in [0, 0.05) is 12.6 Å². The number of nitrogens with zero attached hydrogens (tertiary/aromatic N) is 2. The fourth-order valence-corrected chi connectivity index (χ4v) is 3.05. The Kier molecular flexibility index (Phi) is 4.85. The van der Waals surface area contributed by atoms with Gasteiger partial charge in [0.2, 0.25) is 0 Å². The van der Waals surface area contributed by atoms with Crippen LogP contribution in [0.15, 0.2) is 65.1 Å². The Labute approximate surface area is 162 Å². The van der Waals surface area contributed by atoms with Crippen molar-refractivity contribution in [2.75, 3.05) is 5.32 Å². The van der Waals surface area contributed by atoms with Gasteiger partial charge in [0.05, 0.1) is 5.69 Å². The second-order valence-electron chi connectivity index (χ2n) is 6.50. The highest BCUT2D eigenvalue weighted by Crippen LogP contribution is 2.22. The number of anilines is 1. The predicted molar refractivity (Wildman–Crippen MR) is 108 cm³/mol. The normalized spacial score (nSPS) is 10.9. The van der Waals surface area contributed by atoms with Gasteiger partial charge < -0.3 is 14.5 Å². The SMILES string of the molecule is CCn1nc(C)cc1NC(=O)c1ccc(COc2ccc3ccccc3c2)o1. The van der Waals surface area contributed by atoms with Crippen molar-refractivity contribution in [3.8, 4) is 5.75 Å². The van der Waals surface area contributed by atoms with Gasteiger partial charge >= 0.3 is 0 Å². The van der Waals surface area contributed by atoms with Crippen LogP contribution in [-0.4, -0.2) is 15.7 Å². The molecule has 0 bridgehead atoms. The summed E-state index contributed by atoms with van der Waals surface area (Å²) in [6, 6.07) is 19.3. The van der Waals surface area contributed by atoms with E-state index in [9.17, 15) is 4.79 Å². The van der Waals surface area contributed by atoms with Crippen molar-refractivity contribution in [1.82, 2.24) is 9.78 Å². The molecule has 28 heavy (non-hydrogen) atoms. The second-order valence-corrected chi connectivity index (χ2v) is 6.50. The molecule has 0 saturated heterocycles. The Bertz CT molecular complexity index is 1130. The molecular formula is C22H21N3O3. The van der Waals surface area contributed by atoms with Crippen molar-refractivity contribution in [1.29, 1.82) is 0 Å². The van der Waals surface area contributed by atoms with Crippen LogP contribution in [0.2, 0.25) is 0 Å². The average Bonchev–Trinajstić information content (AvgIpc) is 3.32. The van der Waals surface area contributed by atoms with Gasteiger partial charge in [-0.25, -0.2) is 4.68 Å². The first-order valence-electron chi connectivity index (χ1n) is 9.18. The lowest BCUT2D eigenvalue weighted by atomic mass is 10.1. The fourth-order valence-electron chi connectivity index (χ4n) is 3.05. The third-order valence-electron chi connectivity index (χ3n) is 4.43. The molecular weight excluding hydrogens is 354 g/mol. The molecule has 2 heterocycles. The quantitative estimate of drug-likeness (QED) is 0.526. The number of furan rings is 1. The van der Waals surface area contributed by atoms with Gasteiger partial charge in [-0.2, -0.15) is 5.10 Å². The summed E-state index contributed by atoms with van der Waals surface area (Å²) in [4.78, 5) is 12.4. The number of hydrogen-bond acceptors (Lipinski definition) is 4. The topological polar surface area (TPSA) is 69.3 Å². The highest BCUT2D eigenvalue weighted by Gasteiger charge is 2.14. The van der Waals surface area contributed by atoms with Gasteiger partial charge in [-0.1, -0.05) is 30.3 Å². The van der Waals surface area contributed by atoms with Crippen LogP contribution in [0.1, 0.15) is 28.9 Å². The second kappa shape index (κ2) is 7.60. The lowest BCUT2D eigenvalue weighted by Gasteiger charge is -2.06. The molecule has 0 aliphatic carbocycles. The fraction of sp³-hybridized carbons (Fsp3) is 0.182. The van der Waals surface area contributed by atoms with Crippen molar-refractivity contribution >= 4 is 22.5 Å². The summed E-state index contributed by atoms with van der Waals surface area (Å²) in [6.07, 6.45) is 0. The number of nitrogens with one attached hydrogen (secondary N) is 1. The number of hydrogen-bond donors (Lipinski definition) is 1. The highest BCUT2D eigenvalue weighted by atomic mass is 16.5. The van der Waals surface area contributed by atoms with Crippen molar-refractivity contribution in [3.63, 3.8) is 0 Å². The van der Waals surface area contributed by atoms with Crippen LogP contribution in [0.3, 0.4) is 0 Å². The Balaban J connectivity index is 1.41. The number of carbonyl (C=O) groups excluding carboxylic acids is 1. The van der Waals surface area contributed by atoms with E-state index in [1.807, 2.05) is 56.3 Å². The molecule has 0 radical (unpaired) electrons. The zero-order valence-electron chi connectivity index (χ0n) is 15.8. The van der Waals surface area contributed by atoms with Gasteiger partial charge in [-0.15, -0.1) is 0 Å². The Morgan fingerprint density at radius 3 is 2.75 bits per heavy atom. The molecule has 6 nitrogen and oxygen atoms in total. The first-order chi connectivity index (χ1) is 13.6. The number of ether oxygens (including phenoxy) is 1. The van der Waals surface area contributed by atoms with E-state index in [-0.39, 0.29) is 18.3 Å². The Morgan fingerprint density at radius 1 is 1.11 bits per heavy atom. The largest absolute Gasteiger partial charge is 0.486 e. The molecule has 6 heteroatoms. The van der Waals surface area contributed by atoms with Gasteiger partial charge in [0.15, 0.2) is 5.76 Å². The minimum atomic E-state index is -0.313. The van der Waals surface area contributed by atoms with E-state index >= 15 is 0 Å². The molecule has 0 fully saturated rings. The molecule has 2 aromatic heterocycles. The third kappa shape index (κ3) is 3.76. The van der Waals surface area contributed by atoms with E-state index in [1.54, 1.807) is 16.8 Å². The van der Waals surface area contributed by atoms with Crippen molar-refractivity contribution < 1.29 is 13.9 Å². The number of aryl methyl sites for hydroxylation is 2. The number of rotatable bonds is 6. The zero-order chi connectivity index (χ0) is 19.5. The maximum Gasteiger partial charge on any atom is 0.292 e. The molecule has 1 N–H and O–H groups in total. The first-order valence-corrected chi connectivity index (χ1v) is 9.18. The zero-order valence-corrected chi connectivity index (χ0v) is 15.8. The number of amides is 1. The summed E-state index contributed by atoms with van der Waals surface area (Å²) >= 11 is 0. The number of fused-ring (bicyclic) bond motifs is 1. The molecule has 0 atom stereocenters. The van der Waals surface area contributed by atoms with Crippen LogP contribution >= 0.6 is 0 Å². The first kappa shape index (κ1) is 17.9. The molecule has 4 rings (SSSR count). The maximum absolute atomic E-state index is 12.4. The van der Waals surface area contributed by atoms with Crippen molar-refractivity contribution in [2.24, 2.45) is 0 Å². The highest BCUT2D eigenvalue weighted by molar-refractivity contribution is 6.01. The van der Waals surface area contributed by atoms with Crippen LogP contribution in [0.25, 0.3) is 10.8 Å². The van der Waals surface area contributed by atoms with Crippen LogP contribution in [0, 0.1) is 6.92 Å². The molecule has 4 aromatic rings. The molecule has 0 unspecified atom stereocenters. The van der Waals surface area contributed by atoms with E-state index in [0.29, 0.717) is 18.1 Å². The Hall–Kier alpha value is -3.54. The third-order valence-corrected chi connectivity index (χ3v) is 4.43. The molecule has 1 amide bonds. The lowest BCUT2D eigenvalue weighted by Crippen LogP contribution is -2.14. The number of aromatic nitrogens is 2. The standard InChI is InChI=1S/C22H21N3O3/c1-3-25-21(12-15(2)24-25)23-22(26)20-11-10-19(28-20)14-27-18-9-8-16-6-4-5-7-17(16)13-18/h4-13H,3,14H2,1-2H3,(H,23,26). The summed E-state index contributed by atoms with van der Waals surface area (Å²) in [5.41, 5.74) is 0.848. The summed E-state index contributed by atoms with van der Waals surface area (Å²) in [5, 5.41) is 9.42. The Morgan fingerprint density at radius 2 is 1.93 bits per heavy atom. The summed E-state index contributed by atoms with van der Waals surface area (Å²) < 4.78 is 13.2. The molecule has 0 aliphatic rings. The maximum atomic E-state index is 12.4. The predicted octanol–water partition coefficient (Wildman–Crippen LogP) is 4.79. The average molecular weight is 375 g/mol. The van der Waals surface area contributed by atoms with E-state index in [0.717, 1.165) is 22.2 Å². The molecule has 0 aliphatic heterocycles. The van der Waals surface area contributed by atoms with Gasteiger partial charge in [-0.05, 0) is 48.9 Å². The van der Waals surface area contributed by atoms with Gasteiger partial charge in [0.25, 0.3) is 5.91 Å². The minimum Gasteiger partial charge on any atom is -0.486 e. The molecule has 0 saturated carbocycles. The number of benzene rings is 2. The molecule has 0 spiro atoms. The van der Waals surface area contributed by atoms with E-state index in [4.69, 9.17) is 9.15 Å². The van der Waals surface area contributed by atoms with E-state index < -0.39 is 0 Å². The van der Waals surface area contributed by atoms with Crippen LogP contribution < -0.4 is 10.1 Å². The van der Waals surface area contributed by atoms with Crippen LogP contribution in [0.5, 0.6) is 5.75 Å².